The maximum atomic E-state index is 11.2. The molecule has 1 aromatic rings. The Morgan fingerprint density at radius 1 is 1.53 bits per heavy atom. The quantitative estimate of drug-likeness (QED) is 0.623. The van der Waals surface area contributed by atoms with Gasteiger partial charge in [-0.15, -0.1) is 24.2 Å². The van der Waals surface area contributed by atoms with Crippen molar-refractivity contribution in [1.29, 1.82) is 0 Å². The maximum absolute atomic E-state index is 11.2. The highest BCUT2D eigenvalue weighted by Crippen LogP contribution is 2.46. The Labute approximate surface area is 117 Å². The minimum atomic E-state index is -0.259. The topological polar surface area (TPSA) is 29.5 Å². The number of fused-ring (bicyclic) bond motifs is 1. The SMILES string of the molecule is C#CCN(CC#C)[C@H]1C[C@H](OC(C)=O)c2sccc21. The molecule has 0 fully saturated rings. The van der Waals surface area contributed by atoms with Crippen LogP contribution in [0.2, 0.25) is 0 Å². The molecular weight excluding hydrogens is 258 g/mol. The Morgan fingerprint density at radius 3 is 2.79 bits per heavy atom. The van der Waals surface area contributed by atoms with E-state index in [0.717, 1.165) is 11.3 Å². The summed E-state index contributed by atoms with van der Waals surface area (Å²) in [6.45, 7) is 2.43. The van der Waals surface area contributed by atoms with Crippen LogP contribution in [-0.4, -0.2) is 24.0 Å². The molecule has 0 aliphatic heterocycles. The predicted octanol–water partition coefficient (Wildman–Crippen LogP) is 2.37. The molecule has 0 unspecified atom stereocenters. The molecule has 0 bridgehead atoms. The Kier molecular flexibility index (Phi) is 4.27. The molecule has 4 heteroatoms. The minimum Gasteiger partial charge on any atom is -0.457 e. The zero-order chi connectivity index (χ0) is 13.8. The molecule has 0 amide bonds. The van der Waals surface area contributed by atoms with E-state index < -0.39 is 0 Å². The van der Waals surface area contributed by atoms with Gasteiger partial charge in [0.25, 0.3) is 0 Å². The van der Waals surface area contributed by atoms with Crippen molar-refractivity contribution in [2.75, 3.05) is 13.1 Å². The predicted molar refractivity (Wildman–Crippen MR) is 75.4 cm³/mol. The summed E-state index contributed by atoms with van der Waals surface area (Å²) in [5.41, 5.74) is 1.18. The van der Waals surface area contributed by atoms with Gasteiger partial charge in [0.2, 0.25) is 0 Å². The molecule has 98 valence electrons. The molecule has 0 N–H and O–H groups in total. The van der Waals surface area contributed by atoms with Gasteiger partial charge in [-0.2, -0.15) is 0 Å². The van der Waals surface area contributed by atoms with Gasteiger partial charge in [0.05, 0.1) is 13.1 Å². The smallest absolute Gasteiger partial charge is 0.303 e. The highest BCUT2D eigenvalue weighted by Gasteiger charge is 2.37. The first-order valence-corrected chi connectivity index (χ1v) is 6.90. The fourth-order valence-corrected chi connectivity index (χ4v) is 3.46. The molecule has 0 saturated carbocycles. The van der Waals surface area contributed by atoms with E-state index in [-0.39, 0.29) is 18.1 Å². The van der Waals surface area contributed by atoms with Crippen molar-refractivity contribution in [3.8, 4) is 24.7 Å². The third-order valence-corrected chi connectivity index (χ3v) is 4.18. The molecule has 2 rings (SSSR count). The zero-order valence-corrected chi connectivity index (χ0v) is 11.6. The first kappa shape index (κ1) is 13.7. The summed E-state index contributed by atoms with van der Waals surface area (Å²) in [4.78, 5) is 14.3. The van der Waals surface area contributed by atoms with Gasteiger partial charge in [0.1, 0.15) is 6.10 Å². The van der Waals surface area contributed by atoms with Crippen molar-refractivity contribution in [3.05, 3.63) is 21.9 Å². The largest absolute Gasteiger partial charge is 0.457 e. The van der Waals surface area contributed by atoms with Gasteiger partial charge >= 0.3 is 5.97 Å². The van der Waals surface area contributed by atoms with Gasteiger partial charge in [0.15, 0.2) is 0 Å². The molecule has 1 aromatic heterocycles. The van der Waals surface area contributed by atoms with Crippen molar-refractivity contribution < 1.29 is 9.53 Å². The zero-order valence-electron chi connectivity index (χ0n) is 10.8. The van der Waals surface area contributed by atoms with Crippen molar-refractivity contribution in [2.24, 2.45) is 0 Å². The van der Waals surface area contributed by atoms with E-state index in [1.165, 1.54) is 12.5 Å². The number of nitrogens with zero attached hydrogens (tertiary/aromatic N) is 1. The number of ether oxygens (including phenoxy) is 1. The van der Waals surface area contributed by atoms with Crippen LogP contribution in [0.3, 0.4) is 0 Å². The second kappa shape index (κ2) is 5.93. The van der Waals surface area contributed by atoms with Gasteiger partial charge in [-0.3, -0.25) is 9.69 Å². The number of terminal acetylenes is 2. The molecule has 0 spiro atoms. The van der Waals surface area contributed by atoms with E-state index in [1.54, 1.807) is 11.3 Å². The number of esters is 1. The van der Waals surface area contributed by atoms with Crippen LogP contribution in [0.15, 0.2) is 11.4 Å². The minimum absolute atomic E-state index is 0.137. The number of carbonyl (C=O) groups is 1. The van der Waals surface area contributed by atoms with Crippen molar-refractivity contribution in [1.82, 2.24) is 4.90 Å². The lowest BCUT2D eigenvalue weighted by Gasteiger charge is -2.25. The summed E-state index contributed by atoms with van der Waals surface area (Å²) in [6.07, 6.45) is 11.3. The number of rotatable bonds is 4. The second-order valence-corrected chi connectivity index (χ2v) is 5.35. The monoisotopic (exact) mass is 273 g/mol. The van der Waals surface area contributed by atoms with Crippen LogP contribution in [0.5, 0.6) is 0 Å². The van der Waals surface area contributed by atoms with E-state index in [0.29, 0.717) is 13.1 Å². The van der Waals surface area contributed by atoms with Gasteiger partial charge in [-0.25, -0.2) is 0 Å². The van der Waals surface area contributed by atoms with E-state index in [2.05, 4.69) is 22.8 Å². The van der Waals surface area contributed by atoms with E-state index >= 15 is 0 Å². The van der Waals surface area contributed by atoms with Crippen molar-refractivity contribution >= 4 is 17.3 Å². The average Bonchev–Trinajstić information content (AvgIpc) is 2.92. The molecular formula is C15H15NO2S. The van der Waals surface area contributed by atoms with Crippen LogP contribution in [0.1, 0.15) is 35.9 Å². The lowest BCUT2D eigenvalue weighted by molar-refractivity contribution is -0.146. The standard InChI is InChI=1S/C15H15NO2S/c1-4-7-16(8-5-2)13-10-14(18-11(3)17)15-12(13)6-9-19-15/h1-2,6,9,13-14H,7-8,10H2,3H3/t13-,14-/m0/s1. The Hall–Kier alpha value is -1.75. The van der Waals surface area contributed by atoms with Gasteiger partial charge in [-0.1, -0.05) is 11.8 Å². The number of hydrogen-bond acceptors (Lipinski definition) is 4. The van der Waals surface area contributed by atoms with Crippen molar-refractivity contribution in [3.63, 3.8) is 0 Å². The van der Waals surface area contributed by atoms with E-state index in [1.807, 2.05) is 5.38 Å². The fourth-order valence-electron chi connectivity index (χ4n) is 2.46. The maximum Gasteiger partial charge on any atom is 0.303 e. The first-order chi connectivity index (χ1) is 9.17. The molecule has 1 aliphatic rings. The Morgan fingerprint density at radius 2 is 2.21 bits per heavy atom. The lowest BCUT2D eigenvalue weighted by Crippen LogP contribution is -2.28. The summed E-state index contributed by atoms with van der Waals surface area (Å²) in [5.74, 6) is 5.01. The van der Waals surface area contributed by atoms with Crippen LogP contribution >= 0.6 is 11.3 Å². The average molecular weight is 273 g/mol. The molecule has 0 radical (unpaired) electrons. The second-order valence-electron chi connectivity index (χ2n) is 4.40. The molecule has 2 atom stereocenters. The summed E-state index contributed by atoms with van der Waals surface area (Å²) >= 11 is 1.61. The summed E-state index contributed by atoms with van der Waals surface area (Å²) in [7, 11) is 0. The normalized spacial score (nSPS) is 20.6. The van der Waals surface area contributed by atoms with Crippen LogP contribution in [0.4, 0.5) is 0 Å². The Bertz CT molecular complexity index is 533. The summed E-state index contributed by atoms with van der Waals surface area (Å²) in [5, 5.41) is 2.01. The highest BCUT2D eigenvalue weighted by molar-refractivity contribution is 7.10. The van der Waals surface area contributed by atoms with Gasteiger partial charge < -0.3 is 4.74 Å². The van der Waals surface area contributed by atoms with Crippen molar-refractivity contribution in [2.45, 2.75) is 25.5 Å². The van der Waals surface area contributed by atoms with Gasteiger partial charge in [-0.05, 0) is 17.0 Å². The highest BCUT2D eigenvalue weighted by atomic mass is 32.1. The van der Waals surface area contributed by atoms with Crippen LogP contribution < -0.4 is 0 Å². The number of carbonyl (C=O) groups excluding carboxylic acids is 1. The van der Waals surface area contributed by atoms with E-state index in [9.17, 15) is 4.79 Å². The molecule has 0 aromatic carbocycles. The summed E-state index contributed by atoms with van der Waals surface area (Å²) < 4.78 is 5.37. The summed E-state index contributed by atoms with van der Waals surface area (Å²) in [6, 6.07) is 2.20. The van der Waals surface area contributed by atoms with Crippen LogP contribution in [-0.2, 0) is 9.53 Å². The lowest BCUT2D eigenvalue weighted by atomic mass is 10.1. The third kappa shape index (κ3) is 2.81. The number of thiophene rings is 1. The fraction of sp³-hybridized carbons (Fsp3) is 0.400. The van der Waals surface area contributed by atoms with E-state index in [4.69, 9.17) is 17.6 Å². The van der Waals surface area contributed by atoms with Crippen LogP contribution in [0.25, 0.3) is 0 Å². The Balaban J connectivity index is 2.23. The molecule has 1 aliphatic carbocycles. The number of hydrogen-bond donors (Lipinski definition) is 0. The molecule has 3 nitrogen and oxygen atoms in total. The van der Waals surface area contributed by atoms with Crippen LogP contribution in [0, 0.1) is 24.7 Å². The molecule has 1 heterocycles. The third-order valence-electron chi connectivity index (χ3n) is 3.15. The first-order valence-electron chi connectivity index (χ1n) is 6.02. The molecule has 19 heavy (non-hydrogen) atoms. The van der Waals surface area contributed by atoms with Gasteiger partial charge in [0, 0.05) is 24.3 Å². The molecule has 0 saturated heterocycles.